The highest BCUT2D eigenvalue weighted by Crippen LogP contribution is 2.25. The maximum atomic E-state index is 13.2. The molecule has 3 aromatic rings. The quantitative estimate of drug-likeness (QED) is 0.468. The Balaban J connectivity index is 1.52. The highest BCUT2D eigenvalue weighted by atomic mass is 32.2. The first-order valence-corrected chi connectivity index (χ1v) is 10.6. The normalized spacial score (nSPS) is 14.0. The number of carbonyl (C=O) groups is 1. The minimum atomic E-state index is -0.272. The van der Waals surface area contributed by atoms with Gasteiger partial charge in [0.25, 0.3) is 0 Å². The van der Waals surface area contributed by atoms with Crippen LogP contribution in [0.1, 0.15) is 46.8 Å². The van der Waals surface area contributed by atoms with E-state index in [2.05, 4.69) is 14.8 Å². The molecule has 0 fully saturated rings. The number of Topliss-reactive ketones (excluding diaryl/α,β-unsaturated/α-hetero) is 1. The number of benzene rings is 1. The van der Waals surface area contributed by atoms with E-state index in [9.17, 15) is 9.18 Å². The molecular weight excluding hydrogens is 375 g/mol. The van der Waals surface area contributed by atoms with Gasteiger partial charge in [0.2, 0.25) is 0 Å². The summed E-state index contributed by atoms with van der Waals surface area (Å²) in [5.74, 6) is 1.15. The van der Waals surface area contributed by atoms with Crippen LogP contribution in [0.25, 0.3) is 5.69 Å². The predicted molar refractivity (Wildman–Crippen MR) is 108 cm³/mol. The molecule has 0 aliphatic carbocycles. The molecule has 0 N–H and O–H groups in total. The lowest BCUT2D eigenvalue weighted by molar-refractivity contribution is 0.102. The summed E-state index contributed by atoms with van der Waals surface area (Å²) in [6.07, 6.45) is 4.45. The van der Waals surface area contributed by atoms with Crippen molar-refractivity contribution >= 4 is 17.5 Å². The van der Waals surface area contributed by atoms with E-state index in [-0.39, 0.29) is 11.6 Å². The maximum absolute atomic E-state index is 13.2. The van der Waals surface area contributed by atoms with Crippen LogP contribution in [0.5, 0.6) is 0 Å². The molecule has 1 aromatic carbocycles. The summed E-state index contributed by atoms with van der Waals surface area (Å²) in [5, 5.41) is 9.42. The first kappa shape index (κ1) is 18.9. The van der Waals surface area contributed by atoms with Crippen molar-refractivity contribution < 1.29 is 9.18 Å². The molecule has 5 nitrogen and oxygen atoms in total. The Bertz CT molecular complexity index is 1010. The summed E-state index contributed by atoms with van der Waals surface area (Å²) in [7, 11) is 0. The molecule has 0 atom stereocenters. The van der Waals surface area contributed by atoms with Crippen LogP contribution in [-0.4, -0.2) is 30.9 Å². The van der Waals surface area contributed by atoms with Crippen LogP contribution in [-0.2, 0) is 13.0 Å². The molecule has 2 aromatic heterocycles. The highest BCUT2D eigenvalue weighted by molar-refractivity contribution is 7.99. The number of thioether (sulfide) groups is 1. The predicted octanol–water partition coefficient (Wildman–Crippen LogP) is 4.53. The minimum absolute atomic E-state index is 0.0671. The molecule has 1 aliphatic heterocycles. The van der Waals surface area contributed by atoms with Crippen molar-refractivity contribution in [2.45, 2.75) is 51.2 Å². The van der Waals surface area contributed by atoms with Gasteiger partial charge in [-0.05, 0) is 57.0 Å². The molecule has 146 valence electrons. The highest BCUT2D eigenvalue weighted by Gasteiger charge is 2.20. The minimum Gasteiger partial charge on any atom is -0.318 e. The van der Waals surface area contributed by atoms with E-state index in [1.165, 1.54) is 30.3 Å². The van der Waals surface area contributed by atoms with Crippen LogP contribution >= 0.6 is 11.8 Å². The standard InChI is InChI=1S/C21H23FN4OS/c1-14-12-18(15(2)26(14)17-9-7-16(22)8-10-17)19(27)13-28-21-24-23-20-6-4-3-5-11-25(20)21/h7-10,12H,3-6,11,13H2,1-2H3. The first-order chi connectivity index (χ1) is 13.5. The maximum Gasteiger partial charge on any atom is 0.191 e. The van der Waals surface area contributed by atoms with Gasteiger partial charge in [-0.1, -0.05) is 18.2 Å². The lowest BCUT2D eigenvalue weighted by Crippen LogP contribution is -2.07. The number of hydrogen-bond acceptors (Lipinski definition) is 4. The second-order valence-electron chi connectivity index (χ2n) is 7.17. The van der Waals surface area contributed by atoms with Crippen LogP contribution in [0.2, 0.25) is 0 Å². The Morgan fingerprint density at radius 3 is 2.71 bits per heavy atom. The fraction of sp³-hybridized carbons (Fsp3) is 0.381. The molecule has 0 radical (unpaired) electrons. The smallest absolute Gasteiger partial charge is 0.191 e. The Morgan fingerprint density at radius 1 is 1.14 bits per heavy atom. The molecular formula is C21H23FN4OS. The van der Waals surface area contributed by atoms with E-state index < -0.39 is 0 Å². The van der Waals surface area contributed by atoms with Gasteiger partial charge in [0.05, 0.1) is 5.75 Å². The number of aromatic nitrogens is 4. The number of rotatable bonds is 5. The summed E-state index contributed by atoms with van der Waals surface area (Å²) < 4.78 is 17.4. The molecule has 1 aliphatic rings. The third kappa shape index (κ3) is 3.63. The molecule has 4 rings (SSSR count). The molecule has 0 saturated carbocycles. The SMILES string of the molecule is Cc1cc(C(=O)CSc2nnc3n2CCCCC3)c(C)n1-c1ccc(F)cc1. The summed E-state index contributed by atoms with van der Waals surface area (Å²) in [6, 6.07) is 8.23. The van der Waals surface area contributed by atoms with Crippen LogP contribution in [0.3, 0.4) is 0 Å². The van der Waals surface area contributed by atoms with E-state index in [0.29, 0.717) is 11.3 Å². The number of hydrogen-bond donors (Lipinski definition) is 0. The van der Waals surface area contributed by atoms with E-state index in [4.69, 9.17) is 0 Å². The number of halogens is 1. The molecule has 28 heavy (non-hydrogen) atoms. The van der Waals surface area contributed by atoms with E-state index in [1.807, 2.05) is 24.5 Å². The zero-order chi connectivity index (χ0) is 19.7. The largest absolute Gasteiger partial charge is 0.318 e. The van der Waals surface area contributed by atoms with Crippen LogP contribution in [0.4, 0.5) is 4.39 Å². The van der Waals surface area contributed by atoms with E-state index in [1.54, 1.807) is 12.1 Å². The topological polar surface area (TPSA) is 52.7 Å². The molecule has 3 heterocycles. The van der Waals surface area contributed by atoms with Gasteiger partial charge in [0, 0.05) is 35.6 Å². The Kier molecular flexibility index (Phi) is 5.35. The summed E-state index contributed by atoms with van der Waals surface area (Å²) in [6.45, 7) is 4.81. The van der Waals surface area contributed by atoms with E-state index in [0.717, 1.165) is 53.9 Å². The number of ketones is 1. The zero-order valence-electron chi connectivity index (χ0n) is 16.1. The Labute approximate surface area is 168 Å². The van der Waals surface area contributed by atoms with Crippen molar-refractivity contribution in [1.82, 2.24) is 19.3 Å². The van der Waals surface area contributed by atoms with Crippen molar-refractivity contribution in [2.24, 2.45) is 0 Å². The van der Waals surface area contributed by atoms with Crippen LogP contribution < -0.4 is 0 Å². The second-order valence-corrected chi connectivity index (χ2v) is 8.11. The summed E-state index contributed by atoms with van der Waals surface area (Å²) in [4.78, 5) is 12.9. The number of aryl methyl sites for hydroxylation is 2. The fourth-order valence-electron chi connectivity index (χ4n) is 3.81. The van der Waals surface area contributed by atoms with E-state index >= 15 is 0 Å². The van der Waals surface area contributed by atoms with Crippen molar-refractivity contribution in [3.63, 3.8) is 0 Å². The lowest BCUT2D eigenvalue weighted by atomic mass is 10.2. The molecule has 0 unspecified atom stereocenters. The third-order valence-corrected chi connectivity index (χ3v) is 6.19. The van der Waals surface area contributed by atoms with Gasteiger partial charge in [0.15, 0.2) is 10.9 Å². The van der Waals surface area contributed by atoms with Crippen molar-refractivity contribution in [2.75, 3.05) is 5.75 Å². The molecule has 0 saturated heterocycles. The van der Waals surface area contributed by atoms with Crippen molar-refractivity contribution in [1.29, 1.82) is 0 Å². The van der Waals surface area contributed by atoms with Crippen molar-refractivity contribution in [3.8, 4) is 5.69 Å². The van der Waals surface area contributed by atoms with Crippen LogP contribution in [0, 0.1) is 19.7 Å². The average Bonchev–Trinajstić information content (AvgIpc) is 3.10. The number of fused-ring (bicyclic) bond motifs is 1. The zero-order valence-corrected chi connectivity index (χ0v) is 16.9. The Hall–Kier alpha value is -2.41. The Morgan fingerprint density at radius 2 is 1.93 bits per heavy atom. The lowest BCUT2D eigenvalue weighted by Gasteiger charge is -2.10. The molecule has 7 heteroatoms. The first-order valence-electron chi connectivity index (χ1n) is 9.57. The number of nitrogens with zero attached hydrogens (tertiary/aromatic N) is 4. The van der Waals surface area contributed by atoms with Gasteiger partial charge in [-0.25, -0.2) is 4.39 Å². The van der Waals surface area contributed by atoms with Gasteiger partial charge in [0.1, 0.15) is 11.6 Å². The van der Waals surface area contributed by atoms with Crippen molar-refractivity contribution in [3.05, 3.63) is 58.9 Å². The second kappa shape index (κ2) is 7.91. The van der Waals surface area contributed by atoms with Gasteiger partial charge >= 0.3 is 0 Å². The molecule has 0 amide bonds. The molecule has 0 bridgehead atoms. The van der Waals surface area contributed by atoms with Gasteiger partial charge in [-0.2, -0.15) is 0 Å². The molecule has 0 spiro atoms. The van der Waals surface area contributed by atoms with Gasteiger partial charge in [-0.15, -0.1) is 10.2 Å². The monoisotopic (exact) mass is 398 g/mol. The third-order valence-electron chi connectivity index (χ3n) is 5.22. The van der Waals surface area contributed by atoms with Crippen LogP contribution in [0.15, 0.2) is 35.5 Å². The summed E-state index contributed by atoms with van der Waals surface area (Å²) >= 11 is 1.46. The summed E-state index contributed by atoms with van der Waals surface area (Å²) in [5.41, 5.74) is 3.37. The number of carbonyl (C=O) groups excluding carboxylic acids is 1. The fourth-order valence-corrected chi connectivity index (χ4v) is 4.67. The average molecular weight is 399 g/mol. The van der Waals surface area contributed by atoms with Gasteiger partial charge < -0.3 is 9.13 Å². The van der Waals surface area contributed by atoms with Gasteiger partial charge in [-0.3, -0.25) is 4.79 Å².